The molecule has 0 radical (unpaired) electrons. The van der Waals surface area contributed by atoms with Crippen molar-refractivity contribution in [3.8, 4) is 0 Å². The molecule has 156 valence electrons. The zero-order valence-corrected chi connectivity index (χ0v) is 19.9. The molecule has 0 saturated carbocycles. The minimum Gasteiger partial charge on any atom is -0.289 e. The molecule has 3 nitrogen and oxygen atoms in total. The van der Waals surface area contributed by atoms with Crippen LogP contribution < -0.4 is 0 Å². The Morgan fingerprint density at radius 1 is 0.406 bits per heavy atom. The van der Waals surface area contributed by atoms with E-state index in [1.165, 1.54) is 0 Å². The summed E-state index contributed by atoms with van der Waals surface area (Å²) in [5.74, 6) is -0.612. The number of carbonyl (C=O) groups is 3. The summed E-state index contributed by atoms with van der Waals surface area (Å²) in [5, 5.41) is 0. The van der Waals surface area contributed by atoms with E-state index in [-0.39, 0.29) is 17.3 Å². The van der Waals surface area contributed by atoms with Crippen molar-refractivity contribution in [3.05, 3.63) is 139 Å². The van der Waals surface area contributed by atoms with Gasteiger partial charge in [0.25, 0.3) is 0 Å². The lowest BCUT2D eigenvalue weighted by atomic mass is 9.92. The Balaban J connectivity index is 1.61. The van der Waals surface area contributed by atoms with Crippen molar-refractivity contribution >= 4 is 49.2 Å². The number of halogens is 2. The molecule has 0 aliphatic rings. The first-order chi connectivity index (χ1) is 15.4. The van der Waals surface area contributed by atoms with E-state index in [4.69, 9.17) is 0 Å². The molecule has 0 fully saturated rings. The Hall–Kier alpha value is -3.15. The first kappa shape index (κ1) is 22.1. The van der Waals surface area contributed by atoms with Gasteiger partial charge in [-0.3, -0.25) is 14.4 Å². The molecule has 0 aromatic heterocycles. The van der Waals surface area contributed by atoms with Crippen molar-refractivity contribution in [2.75, 3.05) is 0 Å². The molecular formula is C27H16Br2O3. The molecule has 0 unspecified atom stereocenters. The van der Waals surface area contributed by atoms with Crippen molar-refractivity contribution in [1.82, 2.24) is 0 Å². The third kappa shape index (κ3) is 4.69. The van der Waals surface area contributed by atoms with E-state index in [9.17, 15) is 14.4 Å². The minimum atomic E-state index is -0.270. The van der Waals surface area contributed by atoms with Gasteiger partial charge in [-0.25, -0.2) is 0 Å². The SMILES string of the molecule is O=C(c1ccc(Br)cc1)c1ccc(C(=O)c2ccccc2C(=O)c2ccc(Br)cc2)cc1. The van der Waals surface area contributed by atoms with Gasteiger partial charge in [0.05, 0.1) is 0 Å². The van der Waals surface area contributed by atoms with Crippen LogP contribution in [0.4, 0.5) is 0 Å². The first-order valence-electron chi connectivity index (χ1n) is 9.78. The van der Waals surface area contributed by atoms with Gasteiger partial charge in [0, 0.05) is 42.3 Å². The number of ketones is 3. The van der Waals surface area contributed by atoms with Gasteiger partial charge < -0.3 is 0 Å². The molecule has 0 heterocycles. The van der Waals surface area contributed by atoms with Gasteiger partial charge >= 0.3 is 0 Å². The Morgan fingerprint density at radius 2 is 0.688 bits per heavy atom. The van der Waals surface area contributed by atoms with E-state index in [2.05, 4.69) is 31.9 Å². The Kier molecular flexibility index (Phi) is 6.58. The molecule has 0 aliphatic heterocycles. The lowest BCUT2D eigenvalue weighted by molar-refractivity contribution is 0.100. The fourth-order valence-corrected chi connectivity index (χ4v) is 3.86. The predicted octanol–water partition coefficient (Wildman–Crippen LogP) is 6.90. The van der Waals surface area contributed by atoms with Gasteiger partial charge in [0.15, 0.2) is 17.3 Å². The van der Waals surface area contributed by atoms with Gasteiger partial charge in [-0.1, -0.05) is 80.4 Å². The summed E-state index contributed by atoms with van der Waals surface area (Å²) in [7, 11) is 0. The fourth-order valence-electron chi connectivity index (χ4n) is 3.33. The van der Waals surface area contributed by atoms with E-state index in [1.807, 2.05) is 12.1 Å². The van der Waals surface area contributed by atoms with Crippen LogP contribution in [-0.4, -0.2) is 17.3 Å². The molecule has 4 aromatic carbocycles. The molecule has 0 spiro atoms. The molecule has 0 atom stereocenters. The monoisotopic (exact) mass is 546 g/mol. The molecule has 5 heteroatoms. The quantitative estimate of drug-likeness (QED) is 0.246. The summed E-state index contributed by atoms with van der Waals surface area (Å²) in [6.07, 6.45) is 0. The summed E-state index contributed by atoms with van der Waals surface area (Å²) < 4.78 is 1.77. The number of carbonyl (C=O) groups excluding carboxylic acids is 3. The molecule has 4 aromatic rings. The Bertz CT molecular complexity index is 1310. The second-order valence-corrected chi connectivity index (χ2v) is 8.96. The van der Waals surface area contributed by atoms with Gasteiger partial charge in [-0.15, -0.1) is 0 Å². The van der Waals surface area contributed by atoms with Crippen molar-refractivity contribution in [2.45, 2.75) is 0 Å². The summed E-state index contributed by atoms with van der Waals surface area (Å²) in [6.45, 7) is 0. The molecule has 0 bridgehead atoms. The van der Waals surface area contributed by atoms with Gasteiger partial charge in [0.2, 0.25) is 0 Å². The largest absolute Gasteiger partial charge is 0.289 e. The third-order valence-electron chi connectivity index (χ3n) is 5.04. The predicted molar refractivity (Wildman–Crippen MR) is 131 cm³/mol. The number of hydrogen-bond donors (Lipinski definition) is 0. The minimum absolute atomic E-state index is 0.123. The number of rotatable bonds is 6. The van der Waals surface area contributed by atoms with Gasteiger partial charge in [-0.05, 0) is 48.5 Å². The van der Waals surface area contributed by atoms with Crippen molar-refractivity contribution < 1.29 is 14.4 Å². The van der Waals surface area contributed by atoms with Crippen LogP contribution in [0.15, 0.2) is 106 Å². The smallest absolute Gasteiger partial charge is 0.193 e. The van der Waals surface area contributed by atoms with Gasteiger partial charge in [0.1, 0.15) is 0 Å². The van der Waals surface area contributed by atoms with Crippen LogP contribution in [0.5, 0.6) is 0 Å². The van der Waals surface area contributed by atoms with E-state index >= 15 is 0 Å². The highest BCUT2D eigenvalue weighted by atomic mass is 79.9. The topological polar surface area (TPSA) is 51.2 Å². The summed E-state index contributed by atoms with van der Waals surface area (Å²) in [5.41, 5.74) is 2.64. The zero-order chi connectivity index (χ0) is 22.7. The first-order valence-corrected chi connectivity index (χ1v) is 11.4. The maximum atomic E-state index is 13.2. The van der Waals surface area contributed by atoms with Crippen molar-refractivity contribution in [2.24, 2.45) is 0 Å². The number of benzene rings is 4. The van der Waals surface area contributed by atoms with E-state index in [0.717, 1.165) is 8.95 Å². The van der Waals surface area contributed by atoms with Crippen LogP contribution in [0.2, 0.25) is 0 Å². The molecule has 4 rings (SSSR count). The summed E-state index contributed by atoms with van der Waals surface area (Å²) in [4.78, 5) is 38.9. The van der Waals surface area contributed by atoms with Crippen LogP contribution in [0.1, 0.15) is 47.8 Å². The lowest BCUT2D eigenvalue weighted by Gasteiger charge is -2.09. The van der Waals surface area contributed by atoms with Crippen molar-refractivity contribution in [3.63, 3.8) is 0 Å². The molecule has 0 saturated heterocycles. The van der Waals surface area contributed by atoms with E-state index in [0.29, 0.717) is 33.4 Å². The second-order valence-electron chi connectivity index (χ2n) is 7.12. The third-order valence-corrected chi connectivity index (χ3v) is 6.10. The van der Waals surface area contributed by atoms with Crippen LogP contribution in [-0.2, 0) is 0 Å². The number of hydrogen-bond acceptors (Lipinski definition) is 3. The van der Waals surface area contributed by atoms with E-state index in [1.54, 1.807) is 84.9 Å². The van der Waals surface area contributed by atoms with Crippen LogP contribution in [0.25, 0.3) is 0 Å². The molecule has 0 N–H and O–H groups in total. The zero-order valence-electron chi connectivity index (χ0n) is 16.7. The maximum absolute atomic E-state index is 13.2. The molecule has 0 amide bonds. The molecule has 32 heavy (non-hydrogen) atoms. The lowest BCUT2D eigenvalue weighted by Crippen LogP contribution is -2.11. The summed E-state index contributed by atoms with van der Waals surface area (Å²) in [6, 6.07) is 27.4. The fraction of sp³-hybridized carbons (Fsp3) is 0. The normalized spacial score (nSPS) is 10.6. The van der Waals surface area contributed by atoms with Gasteiger partial charge in [-0.2, -0.15) is 0 Å². The highest BCUT2D eigenvalue weighted by molar-refractivity contribution is 9.10. The Labute approximate surface area is 202 Å². The summed E-state index contributed by atoms with van der Waals surface area (Å²) >= 11 is 6.72. The second kappa shape index (κ2) is 9.55. The van der Waals surface area contributed by atoms with E-state index < -0.39 is 0 Å². The average Bonchev–Trinajstić information content (AvgIpc) is 2.84. The average molecular weight is 548 g/mol. The highest BCUT2D eigenvalue weighted by Gasteiger charge is 2.19. The maximum Gasteiger partial charge on any atom is 0.193 e. The Morgan fingerprint density at radius 3 is 1.03 bits per heavy atom. The molecule has 0 aliphatic carbocycles. The standard InChI is InChI=1S/C27H16Br2O3/c28-21-13-9-18(10-14-21)25(30)17-5-7-19(8-6-17)26(31)23-3-1-2-4-24(23)27(32)20-11-15-22(29)16-12-20/h1-16H. The molecular weight excluding hydrogens is 532 g/mol. The van der Waals surface area contributed by atoms with Crippen LogP contribution in [0.3, 0.4) is 0 Å². The van der Waals surface area contributed by atoms with Crippen LogP contribution >= 0.6 is 31.9 Å². The van der Waals surface area contributed by atoms with Crippen molar-refractivity contribution in [1.29, 1.82) is 0 Å². The highest BCUT2D eigenvalue weighted by Crippen LogP contribution is 2.21. The van der Waals surface area contributed by atoms with Crippen LogP contribution in [0, 0.1) is 0 Å².